The van der Waals surface area contributed by atoms with Crippen LogP contribution in [0.15, 0.2) is 66.7 Å². The lowest BCUT2D eigenvalue weighted by Crippen LogP contribution is -2.24. The molecule has 0 aliphatic heterocycles. The van der Waals surface area contributed by atoms with Gasteiger partial charge in [0, 0.05) is 18.5 Å². The van der Waals surface area contributed by atoms with Crippen molar-refractivity contribution in [3.8, 4) is 11.5 Å². The van der Waals surface area contributed by atoms with Gasteiger partial charge in [-0.15, -0.1) is 0 Å². The lowest BCUT2D eigenvalue weighted by Gasteiger charge is -2.14. The van der Waals surface area contributed by atoms with E-state index in [2.05, 4.69) is 60.1 Å². The summed E-state index contributed by atoms with van der Waals surface area (Å²) in [6.07, 6.45) is 3.84. The maximum Gasteiger partial charge on any atom is 0.251 e. The van der Waals surface area contributed by atoms with Crippen molar-refractivity contribution in [1.29, 1.82) is 0 Å². The number of rotatable bonds is 12. The lowest BCUT2D eigenvalue weighted by atomic mass is 10.1. The molecule has 0 saturated carbocycles. The number of methoxy groups -OCH3 is 1. The fourth-order valence-corrected chi connectivity index (χ4v) is 4.48. The molecule has 1 N–H and O–H groups in total. The monoisotopic (exact) mass is 485 g/mol. The molecule has 6 nitrogen and oxygen atoms in total. The highest BCUT2D eigenvalue weighted by Gasteiger charge is 2.12. The van der Waals surface area contributed by atoms with Crippen LogP contribution in [0.25, 0.3) is 11.0 Å². The number of aromatic nitrogens is 2. The summed E-state index contributed by atoms with van der Waals surface area (Å²) < 4.78 is 13.7. The van der Waals surface area contributed by atoms with Crippen LogP contribution in [-0.4, -0.2) is 35.7 Å². The molecule has 0 atom stereocenters. The van der Waals surface area contributed by atoms with Crippen LogP contribution in [0.3, 0.4) is 0 Å². The quantitative estimate of drug-likeness (QED) is 0.254. The summed E-state index contributed by atoms with van der Waals surface area (Å²) in [6, 6.07) is 21.7. The van der Waals surface area contributed by atoms with Crippen LogP contribution in [0.2, 0.25) is 0 Å². The third kappa shape index (κ3) is 6.25. The van der Waals surface area contributed by atoms with Crippen molar-refractivity contribution >= 4 is 16.9 Å². The first-order chi connectivity index (χ1) is 17.6. The van der Waals surface area contributed by atoms with E-state index in [-0.39, 0.29) is 5.91 Å². The molecule has 4 aromatic rings. The number of unbranched alkanes of at least 4 members (excludes halogenated alkanes) is 2. The van der Waals surface area contributed by atoms with E-state index in [0.29, 0.717) is 24.5 Å². The SMILES string of the molecule is COc1cccc(C(=O)NCCCCCc2nc3ccccc3n2CCOc2c(C)cccc2C)c1. The molecule has 0 radical (unpaired) electrons. The molecule has 0 unspecified atom stereocenters. The number of ether oxygens (including phenoxy) is 2. The second-order valence-electron chi connectivity index (χ2n) is 9.04. The van der Waals surface area contributed by atoms with Crippen LogP contribution < -0.4 is 14.8 Å². The van der Waals surface area contributed by atoms with Crippen molar-refractivity contribution < 1.29 is 14.3 Å². The van der Waals surface area contributed by atoms with Crippen LogP contribution >= 0.6 is 0 Å². The number of carbonyl (C=O) groups is 1. The van der Waals surface area contributed by atoms with Crippen molar-refractivity contribution in [2.75, 3.05) is 20.3 Å². The number of nitrogens with zero attached hydrogens (tertiary/aromatic N) is 2. The number of hydrogen-bond donors (Lipinski definition) is 1. The maximum absolute atomic E-state index is 12.4. The van der Waals surface area contributed by atoms with Gasteiger partial charge in [-0.2, -0.15) is 0 Å². The predicted octanol–water partition coefficient (Wildman–Crippen LogP) is 5.88. The summed E-state index contributed by atoms with van der Waals surface area (Å²) in [4.78, 5) is 17.3. The molecule has 36 heavy (non-hydrogen) atoms. The molecule has 0 aliphatic carbocycles. The highest BCUT2D eigenvalue weighted by atomic mass is 16.5. The number of amides is 1. The molecule has 6 heteroatoms. The Kier molecular flexibility index (Phi) is 8.61. The summed E-state index contributed by atoms with van der Waals surface area (Å²) in [7, 11) is 1.60. The number of aryl methyl sites for hydroxylation is 3. The van der Waals surface area contributed by atoms with E-state index in [1.165, 1.54) is 0 Å². The number of carbonyl (C=O) groups excluding carboxylic acids is 1. The van der Waals surface area contributed by atoms with Gasteiger partial charge in [-0.3, -0.25) is 4.79 Å². The molecule has 0 bridgehead atoms. The summed E-state index contributed by atoms with van der Waals surface area (Å²) >= 11 is 0. The number of benzene rings is 3. The Labute approximate surface area is 213 Å². The molecule has 0 aliphatic rings. The van der Waals surface area contributed by atoms with Crippen LogP contribution in [0.1, 0.15) is 46.6 Å². The Balaban J connectivity index is 1.28. The van der Waals surface area contributed by atoms with E-state index in [9.17, 15) is 4.79 Å². The van der Waals surface area contributed by atoms with Crippen molar-refractivity contribution in [3.05, 3.63) is 89.2 Å². The molecule has 188 valence electrons. The van der Waals surface area contributed by atoms with Gasteiger partial charge in [0.1, 0.15) is 23.9 Å². The van der Waals surface area contributed by atoms with Crippen LogP contribution in [-0.2, 0) is 13.0 Å². The van der Waals surface area contributed by atoms with Crippen molar-refractivity contribution in [1.82, 2.24) is 14.9 Å². The second kappa shape index (κ2) is 12.2. The molecule has 4 rings (SSSR count). The molecule has 1 amide bonds. The summed E-state index contributed by atoms with van der Waals surface area (Å²) in [5.74, 6) is 2.67. The summed E-state index contributed by atoms with van der Waals surface area (Å²) in [5, 5.41) is 3.00. The largest absolute Gasteiger partial charge is 0.497 e. The molecule has 0 saturated heterocycles. The van der Waals surface area contributed by atoms with E-state index in [0.717, 1.165) is 66.0 Å². The maximum atomic E-state index is 12.4. The second-order valence-corrected chi connectivity index (χ2v) is 9.04. The third-order valence-electron chi connectivity index (χ3n) is 6.40. The van der Waals surface area contributed by atoms with Gasteiger partial charge in [0.2, 0.25) is 0 Å². The van der Waals surface area contributed by atoms with Crippen molar-refractivity contribution in [3.63, 3.8) is 0 Å². The zero-order valence-corrected chi connectivity index (χ0v) is 21.4. The minimum atomic E-state index is -0.0698. The van der Waals surface area contributed by atoms with Gasteiger partial charge in [0.15, 0.2) is 0 Å². The van der Waals surface area contributed by atoms with Crippen LogP contribution in [0.5, 0.6) is 11.5 Å². The minimum absolute atomic E-state index is 0.0698. The highest BCUT2D eigenvalue weighted by Crippen LogP contribution is 2.23. The number of hydrogen-bond acceptors (Lipinski definition) is 4. The van der Waals surface area contributed by atoms with Gasteiger partial charge in [0.25, 0.3) is 5.91 Å². The van der Waals surface area contributed by atoms with E-state index in [1.54, 1.807) is 19.2 Å². The van der Waals surface area contributed by atoms with E-state index in [1.807, 2.05) is 18.2 Å². The number of fused-ring (bicyclic) bond motifs is 1. The van der Waals surface area contributed by atoms with Gasteiger partial charge in [-0.25, -0.2) is 4.98 Å². The van der Waals surface area contributed by atoms with Gasteiger partial charge >= 0.3 is 0 Å². The lowest BCUT2D eigenvalue weighted by molar-refractivity contribution is 0.0952. The Bertz CT molecular complexity index is 1290. The molecular formula is C30H35N3O3. The Morgan fingerprint density at radius 3 is 2.53 bits per heavy atom. The van der Waals surface area contributed by atoms with Crippen molar-refractivity contribution in [2.45, 2.75) is 46.1 Å². The molecule has 1 heterocycles. The first-order valence-corrected chi connectivity index (χ1v) is 12.6. The molecule has 0 fully saturated rings. The highest BCUT2D eigenvalue weighted by molar-refractivity contribution is 5.94. The minimum Gasteiger partial charge on any atom is -0.497 e. The number of para-hydroxylation sites is 3. The normalized spacial score (nSPS) is 11.0. The summed E-state index contributed by atoms with van der Waals surface area (Å²) in [5.41, 5.74) is 5.09. The molecular weight excluding hydrogens is 450 g/mol. The molecule has 1 aromatic heterocycles. The van der Waals surface area contributed by atoms with E-state index >= 15 is 0 Å². The summed E-state index contributed by atoms with van der Waals surface area (Å²) in [6.45, 7) is 6.16. The predicted molar refractivity (Wildman–Crippen MR) is 144 cm³/mol. The average molecular weight is 486 g/mol. The first kappa shape index (κ1) is 25.3. The Morgan fingerprint density at radius 2 is 1.72 bits per heavy atom. The van der Waals surface area contributed by atoms with Gasteiger partial charge in [-0.1, -0.05) is 42.8 Å². The molecule has 3 aromatic carbocycles. The van der Waals surface area contributed by atoms with E-state index < -0.39 is 0 Å². The fourth-order valence-electron chi connectivity index (χ4n) is 4.48. The van der Waals surface area contributed by atoms with Gasteiger partial charge in [-0.05, 0) is 68.1 Å². The fraction of sp³-hybridized carbons (Fsp3) is 0.333. The first-order valence-electron chi connectivity index (χ1n) is 12.6. The average Bonchev–Trinajstić information content (AvgIpc) is 3.25. The number of nitrogens with one attached hydrogen (secondary N) is 1. The number of imidazole rings is 1. The van der Waals surface area contributed by atoms with Crippen molar-refractivity contribution in [2.24, 2.45) is 0 Å². The standard InChI is InChI=1S/C30H35N3O3/c1-22-11-9-12-23(2)29(22)36-20-19-33-27-16-7-6-15-26(27)32-28(33)17-5-4-8-18-31-30(34)24-13-10-14-25(21-24)35-3/h6-7,9-16,21H,4-5,8,17-20H2,1-3H3,(H,31,34). The Morgan fingerprint density at radius 1 is 0.944 bits per heavy atom. The van der Waals surface area contributed by atoms with Crippen LogP contribution in [0.4, 0.5) is 0 Å². The van der Waals surface area contributed by atoms with Crippen LogP contribution in [0, 0.1) is 13.8 Å². The smallest absolute Gasteiger partial charge is 0.251 e. The topological polar surface area (TPSA) is 65.4 Å². The van der Waals surface area contributed by atoms with Gasteiger partial charge < -0.3 is 19.4 Å². The zero-order chi connectivity index (χ0) is 25.3. The zero-order valence-electron chi connectivity index (χ0n) is 21.4. The Hall–Kier alpha value is -3.80. The third-order valence-corrected chi connectivity index (χ3v) is 6.40. The van der Waals surface area contributed by atoms with E-state index in [4.69, 9.17) is 14.5 Å². The van der Waals surface area contributed by atoms with Gasteiger partial charge in [0.05, 0.1) is 24.7 Å². The molecule has 0 spiro atoms.